The number of ether oxygens (including phenoxy) is 1. The maximum Gasteiger partial charge on any atom is 0.220 e. The molecular formula is C17H34N2O2. The van der Waals surface area contributed by atoms with E-state index in [9.17, 15) is 4.79 Å². The van der Waals surface area contributed by atoms with Gasteiger partial charge >= 0.3 is 0 Å². The van der Waals surface area contributed by atoms with Gasteiger partial charge in [-0.15, -0.1) is 0 Å². The maximum absolute atomic E-state index is 12.1. The molecule has 0 bridgehead atoms. The van der Waals surface area contributed by atoms with Gasteiger partial charge in [-0.3, -0.25) is 4.79 Å². The Morgan fingerprint density at radius 1 is 1.29 bits per heavy atom. The third-order valence-corrected chi connectivity index (χ3v) is 4.87. The van der Waals surface area contributed by atoms with Crippen molar-refractivity contribution < 1.29 is 9.53 Å². The van der Waals surface area contributed by atoms with E-state index >= 15 is 0 Å². The number of amides is 1. The summed E-state index contributed by atoms with van der Waals surface area (Å²) >= 11 is 0. The monoisotopic (exact) mass is 298 g/mol. The van der Waals surface area contributed by atoms with Crippen LogP contribution >= 0.6 is 0 Å². The van der Waals surface area contributed by atoms with Crippen molar-refractivity contribution in [1.82, 2.24) is 5.32 Å². The van der Waals surface area contributed by atoms with E-state index in [2.05, 4.69) is 33.0 Å². The second kappa shape index (κ2) is 8.14. The van der Waals surface area contributed by atoms with Crippen molar-refractivity contribution in [1.29, 1.82) is 0 Å². The van der Waals surface area contributed by atoms with Gasteiger partial charge in [0.25, 0.3) is 0 Å². The zero-order chi connectivity index (χ0) is 15.9. The number of carbonyl (C=O) groups excluding carboxylic acids is 1. The summed E-state index contributed by atoms with van der Waals surface area (Å²) in [5.41, 5.74) is 6.11. The molecule has 4 nitrogen and oxygen atoms in total. The second-order valence-corrected chi connectivity index (χ2v) is 7.88. The van der Waals surface area contributed by atoms with Crippen LogP contribution in [0.15, 0.2) is 0 Å². The fourth-order valence-electron chi connectivity index (χ4n) is 2.96. The summed E-state index contributed by atoms with van der Waals surface area (Å²) in [6, 6.07) is 0. The van der Waals surface area contributed by atoms with Crippen LogP contribution in [0.5, 0.6) is 0 Å². The van der Waals surface area contributed by atoms with Gasteiger partial charge < -0.3 is 15.8 Å². The van der Waals surface area contributed by atoms with E-state index in [4.69, 9.17) is 10.5 Å². The molecule has 1 unspecified atom stereocenters. The van der Waals surface area contributed by atoms with Crippen molar-refractivity contribution in [3.05, 3.63) is 0 Å². The Balaban J connectivity index is 2.32. The van der Waals surface area contributed by atoms with Gasteiger partial charge in [-0.25, -0.2) is 0 Å². The van der Waals surface area contributed by atoms with Crippen LogP contribution in [0.3, 0.4) is 0 Å². The molecule has 1 aliphatic heterocycles. The van der Waals surface area contributed by atoms with E-state index in [-0.39, 0.29) is 16.7 Å². The van der Waals surface area contributed by atoms with E-state index < -0.39 is 0 Å². The van der Waals surface area contributed by atoms with E-state index in [1.54, 1.807) is 0 Å². The molecule has 3 N–H and O–H groups in total. The van der Waals surface area contributed by atoms with Crippen LogP contribution in [0.1, 0.15) is 59.8 Å². The van der Waals surface area contributed by atoms with Crippen LogP contribution in [0.25, 0.3) is 0 Å². The number of rotatable bonds is 7. The van der Waals surface area contributed by atoms with Gasteiger partial charge in [-0.1, -0.05) is 27.7 Å². The Morgan fingerprint density at radius 2 is 1.90 bits per heavy atom. The summed E-state index contributed by atoms with van der Waals surface area (Å²) in [6.07, 6.45) is 4.59. The van der Waals surface area contributed by atoms with E-state index in [1.807, 2.05) is 0 Å². The second-order valence-electron chi connectivity index (χ2n) is 7.88. The molecule has 1 fully saturated rings. The molecule has 4 heteroatoms. The van der Waals surface area contributed by atoms with Crippen molar-refractivity contribution in [3.63, 3.8) is 0 Å². The average molecular weight is 298 g/mol. The van der Waals surface area contributed by atoms with E-state index in [0.29, 0.717) is 18.9 Å². The molecule has 0 spiro atoms. The van der Waals surface area contributed by atoms with Crippen molar-refractivity contribution in [2.24, 2.45) is 22.5 Å². The molecule has 0 saturated carbocycles. The maximum atomic E-state index is 12.1. The third-order valence-electron chi connectivity index (χ3n) is 4.87. The summed E-state index contributed by atoms with van der Waals surface area (Å²) < 4.78 is 5.39. The third kappa shape index (κ3) is 6.79. The normalized spacial score (nSPS) is 20.0. The number of nitrogens with two attached hydrogens (primary N) is 1. The predicted molar refractivity (Wildman–Crippen MR) is 87.0 cm³/mol. The van der Waals surface area contributed by atoms with Crippen LogP contribution in [0, 0.1) is 16.7 Å². The zero-order valence-corrected chi connectivity index (χ0v) is 14.3. The first-order valence-corrected chi connectivity index (χ1v) is 8.31. The highest BCUT2D eigenvalue weighted by Crippen LogP contribution is 2.32. The zero-order valence-electron chi connectivity index (χ0n) is 14.3. The fraction of sp³-hybridized carbons (Fsp3) is 0.941. The van der Waals surface area contributed by atoms with E-state index in [1.165, 1.54) is 0 Å². The lowest BCUT2D eigenvalue weighted by atomic mass is 9.76. The van der Waals surface area contributed by atoms with Gasteiger partial charge in [0, 0.05) is 26.2 Å². The summed E-state index contributed by atoms with van der Waals surface area (Å²) in [7, 11) is 0. The van der Waals surface area contributed by atoms with Crippen molar-refractivity contribution >= 4 is 5.91 Å². The van der Waals surface area contributed by atoms with Gasteiger partial charge in [0.1, 0.15) is 0 Å². The Bertz CT molecular complexity index is 317. The number of hydrogen-bond donors (Lipinski definition) is 2. The predicted octanol–water partition coefficient (Wildman–Crippen LogP) is 2.71. The fourth-order valence-corrected chi connectivity index (χ4v) is 2.96. The molecule has 1 atom stereocenters. The summed E-state index contributed by atoms with van der Waals surface area (Å²) in [5.74, 6) is 0.681. The number of hydrogen-bond acceptors (Lipinski definition) is 3. The first-order chi connectivity index (χ1) is 9.77. The minimum absolute atomic E-state index is 0.175. The number of nitrogens with one attached hydrogen (secondary N) is 1. The highest BCUT2D eigenvalue weighted by Gasteiger charge is 2.28. The first-order valence-electron chi connectivity index (χ1n) is 8.31. The summed E-state index contributed by atoms with van der Waals surface area (Å²) in [5, 5.41) is 3.12. The molecule has 1 heterocycles. The number of carbonyl (C=O) groups is 1. The van der Waals surface area contributed by atoms with Crippen molar-refractivity contribution in [3.8, 4) is 0 Å². The van der Waals surface area contributed by atoms with Crippen LogP contribution in [0.4, 0.5) is 0 Å². The highest BCUT2D eigenvalue weighted by molar-refractivity contribution is 5.75. The summed E-state index contributed by atoms with van der Waals surface area (Å²) in [6.45, 7) is 12.0. The first kappa shape index (κ1) is 18.4. The Kier molecular flexibility index (Phi) is 7.14. The van der Waals surface area contributed by atoms with E-state index in [0.717, 1.165) is 45.4 Å². The minimum Gasteiger partial charge on any atom is -0.381 e. The van der Waals surface area contributed by atoms with Crippen LogP contribution < -0.4 is 11.1 Å². The van der Waals surface area contributed by atoms with Gasteiger partial charge in [-0.05, 0) is 49.0 Å². The Morgan fingerprint density at radius 3 is 2.43 bits per heavy atom. The quantitative estimate of drug-likeness (QED) is 0.759. The average Bonchev–Trinajstić information content (AvgIpc) is 2.41. The van der Waals surface area contributed by atoms with Gasteiger partial charge in [0.05, 0.1) is 0 Å². The molecule has 0 aromatic heterocycles. The van der Waals surface area contributed by atoms with Crippen molar-refractivity contribution in [2.45, 2.75) is 59.8 Å². The largest absolute Gasteiger partial charge is 0.381 e. The topological polar surface area (TPSA) is 64.4 Å². The highest BCUT2D eigenvalue weighted by atomic mass is 16.5. The molecule has 0 aromatic rings. The smallest absolute Gasteiger partial charge is 0.220 e. The standard InChI is InChI=1S/C17H34N2O2/c1-16(2,3)14(7-10-18)5-6-15(20)19-13-17(4)8-11-21-12-9-17/h14H,5-13,18H2,1-4H3,(H,19,20). The lowest BCUT2D eigenvalue weighted by molar-refractivity contribution is -0.122. The lowest BCUT2D eigenvalue weighted by Gasteiger charge is -2.34. The lowest BCUT2D eigenvalue weighted by Crippen LogP contribution is -2.39. The molecule has 21 heavy (non-hydrogen) atoms. The molecule has 1 amide bonds. The molecule has 124 valence electrons. The Hall–Kier alpha value is -0.610. The molecular weight excluding hydrogens is 264 g/mol. The molecule has 1 saturated heterocycles. The van der Waals surface area contributed by atoms with Gasteiger partial charge in [0.2, 0.25) is 5.91 Å². The summed E-state index contributed by atoms with van der Waals surface area (Å²) in [4.78, 5) is 12.1. The van der Waals surface area contributed by atoms with Gasteiger partial charge in [0.15, 0.2) is 0 Å². The molecule has 0 aliphatic carbocycles. The molecule has 0 aromatic carbocycles. The molecule has 1 rings (SSSR count). The van der Waals surface area contributed by atoms with Gasteiger partial charge in [-0.2, -0.15) is 0 Å². The van der Waals surface area contributed by atoms with Crippen LogP contribution in [-0.4, -0.2) is 32.2 Å². The van der Waals surface area contributed by atoms with Crippen LogP contribution in [-0.2, 0) is 9.53 Å². The Labute approximate surface area is 130 Å². The van der Waals surface area contributed by atoms with Crippen molar-refractivity contribution in [2.75, 3.05) is 26.3 Å². The minimum atomic E-state index is 0.175. The molecule has 1 aliphatic rings. The molecule has 0 radical (unpaired) electrons. The SMILES string of the molecule is CC1(CNC(=O)CCC(CCN)C(C)(C)C)CCOCC1. The van der Waals surface area contributed by atoms with Crippen LogP contribution in [0.2, 0.25) is 0 Å².